The Balaban J connectivity index is 1.68. The number of primary amides is 1. The minimum absolute atomic E-state index is 0.0580. The minimum Gasteiger partial charge on any atom is -0.370 e. The number of amides is 3. The third-order valence-electron chi connectivity index (χ3n) is 6.93. The molecule has 11 heteroatoms. The number of nitrogens with zero attached hydrogens (tertiary/aromatic N) is 1. The second-order valence-corrected chi connectivity index (χ2v) is 10.1. The predicted octanol–water partition coefficient (Wildman–Crippen LogP) is 1.27. The van der Waals surface area contributed by atoms with E-state index in [0.717, 1.165) is 37.7 Å². The number of nitrogens with two attached hydrogens (primary N) is 4. The van der Waals surface area contributed by atoms with Gasteiger partial charge in [0.05, 0.1) is 11.7 Å². The molecule has 1 aliphatic carbocycles. The second-order valence-electron chi connectivity index (χ2n) is 10.1. The molecule has 1 fully saturated rings. The smallest absolute Gasteiger partial charge is 0.243 e. The van der Waals surface area contributed by atoms with E-state index in [1.165, 1.54) is 24.3 Å². The van der Waals surface area contributed by atoms with E-state index in [1.807, 2.05) is 0 Å². The summed E-state index contributed by atoms with van der Waals surface area (Å²) in [5, 5.41) is 5.49. The Morgan fingerprint density at radius 3 is 1.97 bits per heavy atom. The van der Waals surface area contributed by atoms with Gasteiger partial charge in [0.1, 0.15) is 17.9 Å². The number of aliphatic imine (C=N–C) groups is 1. The van der Waals surface area contributed by atoms with Gasteiger partial charge >= 0.3 is 0 Å². The molecule has 0 unspecified atom stereocenters. The molecule has 2 aromatic rings. The average Bonchev–Trinajstić information content (AvgIpc) is 2.90. The molecule has 1 saturated carbocycles. The van der Waals surface area contributed by atoms with Gasteiger partial charge in [0.2, 0.25) is 17.7 Å². The Morgan fingerprint density at radius 1 is 0.821 bits per heavy atom. The van der Waals surface area contributed by atoms with E-state index in [0.29, 0.717) is 17.7 Å². The van der Waals surface area contributed by atoms with Crippen LogP contribution in [0.1, 0.15) is 49.7 Å². The molecule has 0 bridgehead atoms. The second kappa shape index (κ2) is 14.2. The zero-order chi connectivity index (χ0) is 28.4. The van der Waals surface area contributed by atoms with Gasteiger partial charge in [-0.05, 0) is 54.2 Å². The number of benzene rings is 2. The molecule has 2 aromatic carbocycles. The van der Waals surface area contributed by atoms with Gasteiger partial charge in [-0.3, -0.25) is 14.4 Å². The molecule has 3 rings (SSSR count). The van der Waals surface area contributed by atoms with E-state index in [4.69, 9.17) is 22.9 Å². The number of carbonyl (C=O) groups excluding carboxylic acids is 3. The molecular formula is C28H38FN7O3. The fourth-order valence-electron chi connectivity index (χ4n) is 4.82. The summed E-state index contributed by atoms with van der Waals surface area (Å²) in [6.07, 6.45) is 5.97. The van der Waals surface area contributed by atoms with Crippen LogP contribution >= 0.6 is 0 Å². The van der Waals surface area contributed by atoms with Crippen molar-refractivity contribution >= 4 is 29.4 Å². The van der Waals surface area contributed by atoms with Gasteiger partial charge in [0.25, 0.3) is 0 Å². The van der Waals surface area contributed by atoms with Gasteiger partial charge in [-0.25, -0.2) is 9.38 Å². The molecule has 0 aliphatic heterocycles. The van der Waals surface area contributed by atoms with Gasteiger partial charge in [-0.1, -0.05) is 56.4 Å². The van der Waals surface area contributed by atoms with E-state index in [-0.39, 0.29) is 24.7 Å². The third-order valence-corrected chi connectivity index (χ3v) is 6.93. The van der Waals surface area contributed by atoms with Crippen LogP contribution in [-0.4, -0.2) is 41.8 Å². The molecular weight excluding hydrogens is 501 g/mol. The van der Waals surface area contributed by atoms with Crippen molar-refractivity contribution in [2.75, 3.05) is 0 Å². The first-order chi connectivity index (χ1) is 18.6. The summed E-state index contributed by atoms with van der Waals surface area (Å²) in [5.74, 6) is -1.91. The van der Waals surface area contributed by atoms with Crippen LogP contribution < -0.4 is 33.6 Å². The minimum atomic E-state index is -1.02. The Labute approximate surface area is 227 Å². The summed E-state index contributed by atoms with van der Waals surface area (Å²) in [7, 11) is 0. The predicted molar refractivity (Wildman–Crippen MR) is 148 cm³/mol. The van der Waals surface area contributed by atoms with Crippen molar-refractivity contribution in [1.82, 2.24) is 10.6 Å². The molecule has 1 aliphatic rings. The fraction of sp³-hybridized carbons (Fsp3) is 0.429. The first-order valence-corrected chi connectivity index (χ1v) is 13.2. The molecule has 0 spiro atoms. The van der Waals surface area contributed by atoms with Gasteiger partial charge < -0.3 is 33.6 Å². The molecule has 10 N–H and O–H groups in total. The van der Waals surface area contributed by atoms with Crippen LogP contribution in [0.15, 0.2) is 53.5 Å². The highest BCUT2D eigenvalue weighted by atomic mass is 19.1. The van der Waals surface area contributed by atoms with Crippen LogP contribution in [0.5, 0.6) is 0 Å². The summed E-state index contributed by atoms with van der Waals surface area (Å²) in [6, 6.07) is 9.76. The molecule has 0 saturated heterocycles. The van der Waals surface area contributed by atoms with Crippen molar-refractivity contribution in [2.24, 2.45) is 33.8 Å². The van der Waals surface area contributed by atoms with Crippen LogP contribution in [0.4, 0.5) is 10.1 Å². The molecule has 10 nitrogen and oxygen atoms in total. The summed E-state index contributed by atoms with van der Waals surface area (Å²) in [4.78, 5) is 42.5. The lowest BCUT2D eigenvalue weighted by Crippen LogP contribution is -2.56. The summed E-state index contributed by atoms with van der Waals surface area (Å²) in [5.41, 5.74) is 24.6. The molecule has 0 radical (unpaired) electrons. The molecule has 0 heterocycles. The Kier molecular flexibility index (Phi) is 10.8. The van der Waals surface area contributed by atoms with Crippen molar-refractivity contribution < 1.29 is 18.8 Å². The molecule has 3 atom stereocenters. The molecule has 0 aromatic heterocycles. The van der Waals surface area contributed by atoms with E-state index < -0.39 is 41.7 Å². The number of halogens is 1. The zero-order valence-electron chi connectivity index (χ0n) is 21.9. The van der Waals surface area contributed by atoms with Crippen LogP contribution in [0.3, 0.4) is 0 Å². The Bertz CT molecular complexity index is 1140. The summed E-state index contributed by atoms with van der Waals surface area (Å²) >= 11 is 0. The third kappa shape index (κ3) is 9.68. The SMILES string of the molecule is NC(=O)[C@H](Cc1ccc(F)cc1)NC(=O)[C@H](CC1CCCCC1)NC(=O)[C@@H](N)Cc1ccc(N=C(N)N)cc1. The number of hydrogen-bond acceptors (Lipinski definition) is 5. The van der Waals surface area contributed by atoms with Crippen LogP contribution in [-0.2, 0) is 27.2 Å². The molecule has 3 amide bonds. The first kappa shape index (κ1) is 29.6. The Morgan fingerprint density at radius 2 is 1.38 bits per heavy atom. The van der Waals surface area contributed by atoms with Gasteiger partial charge in [0.15, 0.2) is 5.96 Å². The van der Waals surface area contributed by atoms with Crippen molar-refractivity contribution in [2.45, 2.75) is 69.5 Å². The number of guanidine groups is 1. The van der Waals surface area contributed by atoms with Crippen LogP contribution in [0.25, 0.3) is 0 Å². The highest BCUT2D eigenvalue weighted by Gasteiger charge is 2.30. The topological polar surface area (TPSA) is 192 Å². The highest BCUT2D eigenvalue weighted by molar-refractivity contribution is 5.92. The van der Waals surface area contributed by atoms with E-state index in [1.54, 1.807) is 24.3 Å². The normalized spacial score (nSPS) is 15.9. The summed E-state index contributed by atoms with van der Waals surface area (Å²) < 4.78 is 13.3. The molecule has 39 heavy (non-hydrogen) atoms. The lowest BCUT2D eigenvalue weighted by Gasteiger charge is -2.28. The van der Waals surface area contributed by atoms with Crippen molar-refractivity contribution in [1.29, 1.82) is 0 Å². The van der Waals surface area contributed by atoms with Crippen molar-refractivity contribution in [3.8, 4) is 0 Å². The zero-order valence-corrected chi connectivity index (χ0v) is 21.9. The van der Waals surface area contributed by atoms with Crippen LogP contribution in [0, 0.1) is 11.7 Å². The fourth-order valence-corrected chi connectivity index (χ4v) is 4.82. The van der Waals surface area contributed by atoms with Crippen molar-refractivity contribution in [3.05, 3.63) is 65.5 Å². The number of carbonyl (C=O) groups is 3. The van der Waals surface area contributed by atoms with Crippen LogP contribution in [0.2, 0.25) is 0 Å². The maximum absolute atomic E-state index is 13.4. The van der Waals surface area contributed by atoms with Gasteiger partial charge in [0, 0.05) is 6.42 Å². The van der Waals surface area contributed by atoms with Gasteiger partial charge in [-0.15, -0.1) is 0 Å². The lowest BCUT2D eigenvalue weighted by atomic mass is 9.84. The van der Waals surface area contributed by atoms with Gasteiger partial charge in [-0.2, -0.15) is 0 Å². The Hall–Kier alpha value is -3.99. The molecule has 210 valence electrons. The maximum atomic E-state index is 13.4. The first-order valence-electron chi connectivity index (χ1n) is 13.2. The van der Waals surface area contributed by atoms with Crippen molar-refractivity contribution in [3.63, 3.8) is 0 Å². The largest absolute Gasteiger partial charge is 0.370 e. The quantitative estimate of drug-likeness (QED) is 0.174. The standard InChI is InChI=1S/C28H38FN7O3/c29-20-10-6-19(7-11-20)15-23(25(31)37)35-27(39)24(16-17-4-2-1-3-5-17)36-26(38)22(30)14-18-8-12-21(13-9-18)34-28(32)33/h6-13,17,22-24H,1-5,14-16,30H2,(H2,31,37)(H,35,39)(H,36,38)(H4,32,33,34)/t22-,23-,24-/m0/s1. The highest BCUT2D eigenvalue weighted by Crippen LogP contribution is 2.27. The number of nitrogens with one attached hydrogen (secondary N) is 2. The number of rotatable bonds is 12. The monoisotopic (exact) mass is 539 g/mol. The van der Waals surface area contributed by atoms with E-state index >= 15 is 0 Å². The summed E-state index contributed by atoms with van der Waals surface area (Å²) in [6.45, 7) is 0. The van der Waals surface area contributed by atoms with E-state index in [2.05, 4.69) is 15.6 Å². The lowest BCUT2D eigenvalue weighted by molar-refractivity contribution is -0.132. The maximum Gasteiger partial charge on any atom is 0.243 e. The van der Waals surface area contributed by atoms with E-state index in [9.17, 15) is 18.8 Å². The number of hydrogen-bond donors (Lipinski definition) is 6. The average molecular weight is 540 g/mol.